The molecule has 0 N–H and O–H groups in total. The molecule has 4 aromatic rings. The second kappa shape index (κ2) is 15.7. The molecule has 0 amide bonds. The first-order valence-electron chi connectivity index (χ1n) is 14.3. The maximum atomic E-state index is 14.1. The maximum Gasteiger partial charge on any atom is 0.302 e. The number of esters is 1. The molecule has 1 heterocycles. The average molecular weight is 601 g/mol. The zero-order valence-electron chi connectivity index (χ0n) is 24.0. The quantitative estimate of drug-likeness (QED) is 0.179. The summed E-state index contributed by atoms with van der Waals surface area (Å²) in [5.41, 5.74) is 1.96. The van der Waals surface area contributed by atoms with Gasteiger partial charge in [-0.3, -0.25) is 9.00 Å². The molecule has 1 saturated heterocycles. The van der Waals surface area contributed by atoms with E-state index in [0.717, 1.165) is 16.7 Å². The molecular weight excluding hydrogens is 564 g/mol. The number of benzene rings is 4. The lowest BCUT2D eigenvalue weighted by Crippen LogP contribution is -2.62. The van der Waals surface area contributed by atoms with Crippen LogP contribution in [-0.4, -0.2) is 46.6 Å². The van der Waals surface area contributed by atoms with Gasteiger partial charge in [0.25, 0.3) is 0 Å². The fourth-order valence-electron chi connectivity index (χ4n) is 4.94. The molecule has 1 aliphatic rings. The van der Waals surface area contributed by atoms with Crippen LogP contribution < -0.4 is 0 Å². The summed E-state index contributed by atoms with van der Waals surface area (Å²) in [6.45, 7) is 2.05. The Labute approximate surface area is 255 Å². The molecule has 0 spiro atoms. The van der Waals surface area contributed by atoms with E-state index in [1.54, 1.807) is 12.1 Å². The van der Waals surface area contributed by atoms with Gasteiger partial charge in [-0.05, 0) is 28.8 Å². The smallest absolute Gasteiger partial charge is 0.302 e. The Morgan fingerprint density at radius 1 is 0.628 bits per heavy atom. The van der Waals surface area contributed by atoms with E-state index in [2.05, 4.69) is 0 Å². The van der Waals surface area contributed by atoms with Crippen molar-refractivity contribution in [2.24, 2.45) is 0 Å². The van der Waals surface area contributed by atoms with Crippen LogP contribution in [0.5, 0.6) is 0 Å². The predicted octanol–water partition coefficient (Wildman–Crippen LogP) is 5.84. The molecule has 6 atom stereocenters. The summed E-state index contributed by atoms with van der Waals surface area (Å²) in [7, 11) is -1.64. The Balaban J connectivity index is 1.51. The molecule has 1 fully saturated rings. The van der Waals surface area contributed by atoms with Gasteiger partial charge in [0.1, 0.15) is 31.0 Å². The maximum absolute atomic E-state index is 14.1. The molecule has 224 valence electrons. The summed E-state index contributed by atoms with van der Waals surface area (Å²) in [5, 5.41) is 0. The van der Waals surface area contributed by atoms with Gasteiger partial charge in [0.2, 0.25) is 0 Å². The second-order valence-corrected chi connectivity index (χ2v) is 11.8. The lowest BCUT2D eigenvalue weighted by atomic mass is 9.99. The van der Waals surface area contributed by atoms with Gasteiger partial charge in [-0.1, -0.05) is 109 Å². The number of carbonyl (C=O) groups is 1. The van der Waals surface area contributed by atoms with Crippen LogP contribution in [0.2, 0.25) is 0 Å². The molecule has 0 bridgehead atoms. The zero-order valence-corrected chi connectivity index (χ0v) is 24.8. The van der Waals surface area contributed by atoms with E-state index >= 15 is 0 Å². The SMILES string of the molecule is CC(=O)OC[C@H]1O[C@H](S(=O)c2ccccc2)[C@H](OCc2ccccc2)[C@@H](OCc2ccccc2)[C@@H]1OCc1ccccc1. The fraction of sp³-hybridized carbons (Fsp3) is 0.286. The summed E-state index contributed by atoms with van der Waals surface area (Å²) < 4.78 is 45.8. The topological polar surface area (TPSA) is 80.3 Å². The van der Waals surface area contributed by atoms with Gasteiger partial charge >= 0.3 is 5.97 Å². The lowest BCUT2D eigenvalue weighted by Gasteiger charge is -2.45. The van der Waals surface area contributed by atoms with E-state index in [0.29, 0.717) is 4.90 Å². The van der Waals surface area contributed by atoms with Crippen LogP contribution in [0.25, 0.3) is 0 Å². The van der Waals surface area contributed by atoms with Crippen LogP contribution in [0.1, 0.15) is 23.6 Å². The number of hydrogen-bond acceptors (Lipinski definition) is 7. The van der Waals surface area contributed by atoms with Gasteiger partial charge in [-0.25, -0.2) is 0 Å². The van der Waals surface area contributed by atoms with E-state index in [1.807, 2.05) is 109 Å². The lowest BCUT2D eigenvalue weighted by molar-refractivity contribution is -0.254. The number of hydrogen-bond donors (Lipinski definition) is 0. The van der Waals surface area contributed by atoms with E-state index in [9.17, 15) is 9.00 Å². The Morgan fingerprint density at radius 2 is 1.05 bits per heavy atom. The molecule has 0 aliphatic carbocycles. The molecule has 0 aromatic heterocycles. The minimum absolute atomic E-state index is 0.0894. The van der Waals surface area contributed by atoms with Gasteiger partial charge < -0.3 is 23.7 Å². The monoisotopic (exact) mass is 600 g/mol. The third-order valence-electron chi connectivity index (χ3n) is 7.08. The van der Waals surface area contributed by atoms with E-state index in [1.165, 1.54) is 6.92 Å². The molecule has 7 nitrogen and oxygen atoms in total. The second-order valence-electron chi connectivity index (χ2n) is 10.2. The van der Waals surface area contributed by atoms with E-state index in [4.69, 9.17) is 23.7 Å². The largest absolute Gasteiger partial charge is 0.463 e. The molecule has 43 heavy (non-hydrogen) atoms. The Morgan fingerprint density at radius 3 is 1.51 bits per heavy atom. The highest BCUT2D eigenvalue weighted by molar-refractivity contribution is 7.85. The summed E-state index contributed by atoms with van der Waals surface area (Å²) >= 11 is 0. The highest BCUT2D eigenvalue weighted by atomic mass is 32.2. The first-order valence-corrected chi connectivity index (χ1v) is 15.5. The third-order valence-corrected chi connectivity index (χ3v) is 8.62. The first kappa shape index (κ1) is 30.8. The van der Waals surface area contributed by atoms with Crippen molar-refractivity contribution in [3.05, 3.63) is 138 Å². The highest BCUT2D eigenvalue weighted by Gasteiger charge is 2.51. The Bertz CT molecular complexity index is 1420. The van der Waals surface area contributed by atoms with Crippen molar-refractivity contribution in [1.82, 2.24) is 0 Å². The number of rotatable bonds is 13. The first-order chi connectivity index (χ1) is 21.1. The number of ether oxygens (including phenoxy) is 5. The molecule has 5 rings (SSSR count). The highest BCUT2D eigenvalue weighted by Crippen LogP contribution is 2.34. The summed E-state index contributed by atoms with van der Waals surface area (Å²) in [6.07, 6.45) is -2.95. The normalized spacial score (nSPS) is 22.5. The molecule has 4 aromatic carbocycles. The van der Waals surface area contributed by atoms with Crippen LogP contribution in [0, 0.1) is 0 Å². The van der Waals surface area contributed by atoms with Gasteiger partial charge in [-0.2, -0.15) is 0 Å². The van der Waals surface area contributed by atoms with Gasteiger partial charge in [-0.15, -0.1) is 0 Å². The van der Waals surface area contributed by atoms with Crippen molar-refractivity contribution in [2.75, 3.05) is 6.61 Å². The summed E-state index contributed by atoms with van der Waals surface area (Å²) in [4.78, 5) is 12.5. The van der Waals surface area contributed by atoms with Crippen LogP contribution in [0.15, 0.2) is 126 Å². The molecule has 8 heteroatoms. The van der Waals surface area contributed by atoms with Crippen molar-refractivity contribution in [1.29, 1.82) is 0 Å². The Kier molecular flexibility index (Phi) is 11.2. The summed E-state index contributed by atoms with van der Waals surface area (Å²) in [6, 6.07) is 38.5. The van der Waals surface area contributed by atoms with Crippen LogP contribution in [0.3, 0.4) is 0 Å². The molecule has 1 aliphatic heterocycles. The van der Waals surface area contributed by atoms with Gasteiger partial charge in [0.15, 0.2) is 5.44 Å². The fourth-order valence-corrected chi connectivity index (χ4v) is 6.35. The van der Waals surface area contributed by atoms with Crippen molar-refractivity contribution < 1.29 is 32.7 Å². The van der Waals surface area contributed by atoms with Crippen molar-refractivity contribution in [2.45, 2.75) is 61.5 Å². The van der Waals surface area contributed by atoms with Crippen LogP contribution in [0.4, 0.5) is 0 Å². The van der Waals surface area contributed by atoms with Crippen molar-refractivity contribution in [3.8, 4) is 0 Å². The molecule has 0 saturated carbocycles. The zero-order chi connectivity index (χ0) is 29.9. The molecular formula is C35H36O7S. The third kappa shape index (κ3) is 8.69. The van der Waals surface area contributed by atoms with Crippen molar-refractivity contribution >= 4 is 16.8 Å². The number of carbonyl (C=O) groups excluding carboxylic acids is 1. The minimum atomic E-state index is -1.64. The average Bonchev–Trinajstić information content (AvgIpc) is 3.06. The van der Waals surface area contributed by atoms with Crippen molar-refractivity contribution in [3.63, 3.8) is 0 Å². The van der Waals surface area contributed by atoms with E-state index in [-0.39, 0.29) is 26.4 Å². The molecule has 0 radical (unpaired) electrons. The molecule has 1 unspecified atom stereocenters. The van der Waals surface area contributed by atoms with Gasteiger partial charge in [0.05, 0.1) is 30.6 Å². The summed E-state index contributed by atoms with van der Waals surface area (Å²) in [5.74, 6) is -0.449. The Hall–Kier alpha value is -3.66. The van der Waals surface area contributed by atoms with Crippen LogP contribution >= 0.6 is 0 Å². The standard InChI is InChI=1S/C35H36O7S/c1-26(36)38-25-31-32(39-22-27-14-6-2-7-15-27)33(40-23-28-16-8-3-9-17-28)34(41-24-29-18-10-4-11-19-29)35(42-31)43(37)30-20-12-5-13-21-30/h2-21,31-35H,22-25H2,1H3/t31-,32-,33+,34-,35-,43?/m1/s1. The predicted molar refractivity (Wildman–Crippen MR) is 163 cm³/mol. The van der Waals surface area contributed by atoms with Crippen LogP contribution in [-0.2, 0) is 59.1 Å². The van der Waals surface area contributed by atoms with E-state index < -0.39 is 46.6 Å². The van der Waals surface area contributed by atoms with Gasteiger partial charge in [0, 0.05) is 11.8 Å². The minimum Gasteiger partial charge on any atom is -0.463 e.